The number of benzene rings is 1. The smallest absolute Gasteiger partial charge is 0.126 e. The van der Waals surface area contributed by atoms with Crippen LogP contribution in [0.5, 0.6) is 0 Å². The number of hydrogen-bond donors (Lipinski definition) is 1. The molecular formula is C13H18F2O. The summed E-state index contributed by atoms with van der Waals surface area (Å²) in [6.45, 7) is 5.79. The van der Waals surface area contributed by atoms with E-state index in [-0.39, 0.29) is 17.4 Å². The van der Waals surface area contributed by atoms with Gasteiger partial charge in [-0.05, 0) is 35.6 Å². The van der Waals surface area contributed by atoms with Crippen LogP contribution in [-0.4, -0.2) is 11.2 Å². The quantitative estimate of drug-likeness (QED) is 0.838. The van der Waals surface area contributed by atoms with Crippen LogP contribution in [0.3, 0.4) is 0 Å². The largest absolute Gasteiger partial charge is 0.392 e. The van der Waals surface area contributed by atoms with Crippen LogP contribution in [0.25, 0.3) is 0 Å². The number of rotatable bonds is 4. The molecule has 0 aliphatic carbocycles. The monoisotopic (exact) mass is 228 g/mol. The molecule has 0 bridgehead atoms. The zero-order valence-electron chi connectivity index (χ0n) is 9.93. The van der Waals surface area contributed by atoms with Gasteiger partial charge in [0.05, 0.1) is 6.10 Å². The molecule has 1 unspecified atom stereocenters. The van der Waals surface area contributed by atoms with Crippen LogP contribution >= 0.6 is 0 Å². The molecule has 90 valence electrons. The Hall–Kier alpha value is -0.960. The molecule has 0 radical (unpaired) electrons. The second-order valence-electron chi connectivity index (χ2n) is 4.80. The lowest BCUT2D eigenvalue weighted by atomic mass is 9.81. The molecule has 1 nitrogen and oxygen atoms in total. The highest BCUT2D eigenvalue weighted by molar-refractivity contribution is 5.19. The van der Waals surface area contributed by atoms with Crippen molar-refractivity contribution in [3.8, 4) is 0 Å². The maximum atomic E-state index is 13.3. The number of hydrogen-bond acceptors (Lipinski definition) is 1. The van der Waals surface area contributed by atoms with Crippen molar-refractivity contribution < 1.29 is 13.9 Å². The van der Waals surface area contributed by atoms with E-state index in [1.165, 1.54) is 0 Å². The highest BCUT2D eigenvalue weighted by atomic mass is 19.1. The summed E-state index contributed by atoms with van der Waals surface area (Å²) in [5.41, 5.74) is -0.0623. The molecule has 1 atom stereocenters. The molecule has 1 N–H and O–H groups in total. The van der Waals surface area contributed by atoms with Crippen molar-refractivity contribution in [1.29, 1.82) is 0 Å². The fourth-order valence-electron chi connectivity index (χ4n) is 1.42. The van der Waals surface area contributed by atoms with Crippen molar-refractivity contribution in [2.75, 3.05) is 0 Å². The summed E-state index contributed by atoms with van der Waals surface area (Å²) in [4.78, 5) is 0. The Kier molecular flexibility index (Phi) is 4.03. The van der Waals surface area contributed by atoms with Crippen molar-refractivity contribution in [2.45, 2.75) is 39.7 Å². The maximum absolute atomic E-state index is 13.3. The van der Waals surface area contributed by atoms with Crippen molar-refractivity contribution in [3.63, 3.8) is 0 Å². The lowest BCUT2D eigenvalue weighted by Crippen LogP contribution is -2.30. The van der Waals surface area contributed by atoms with E-state index in [0.717, 1.165) is 24.6 Å². The molecule has 3 heteroatoms. The lowest BCUT2D eigenvalue weighted by Gasteiger charge is -2.29. The summed E-state index contributed by atoms with van der Waals surface area (Å²) in [6.07, 6.45) is 0.254. The van der Waals surface area contributed by atoms with Crippen molar-refractivity contribution >= 4 is 0 Å². The molecule has 0 aliphatic heterocycles. The van der Waals surface area contributed by atoms with Crippen LogP contribution in [0, 0.1) is 17.0 Å². The lowest BCUT2D eigenvalue weighted by molar-refractivity contribution is 0.0472. The zero-order chi connectivity index (χ0) is 12.3. The molecule has 0 aliphatic rings. The van der Waals surface area contributed by atoms with E-state index in [1.807, 2.05) is 20.8 Å². The molecule has 0 spiro atoms. The number of aliphatic hydroxyl groups is 1. The fourth-order valence-corrected chi connectivity index (χ4v) is 1.42. The van der Waals surface area contributed by atoms with Crippen LogP contribution in [0.15, 0.2) is 18.2 Å². The van der Waals surface area contributed by atoms with E-state index in [0.29, 0.717) is 0 Å². The summed E-state index contributed by atoms with van der Waals surface area (Å²) in [5, 5.41) is 9.96. The van der Waals surface area contributed by atoms with Gasteiger partial charge in [-0.1, -0.05) is 20.8 Å². The third-order valence-corrected chi connectivity index (χ3v) is 3.23. The highest BCUT2D eigenvalue weighted by Gasteiger charge is 2.26. The van der Waals surface area contributed by atoms with Crippen molar-refractivity contribution in [1.82, 2.24) is 0 Å². The fraction of sp³-hybridized carbons (Fsp3) is 0.538. The molecule has 1 aromatic rings. The van der Waals surface area contributed by atoms with Gasteiger partial charge in [-0.15, -0.1) is 0 Å². The Morgan fingerprint density at radius 3 is 2.50 bits per heavy atom. The minimum absolute atomic E-state index is 0.143. The maximum Gasteiger partial charge on any atom is 0.126 e. The van der Waals surface area contributed by atoms with Gasteiger partial charge in [0, 0.05) is 6.42 Å². The normalized spacial score (nSPS) is 13.9. The van der Waals surface area contributed by atoms with Gasteiger partial charge in [0.2, 0.25) is 0 Å². The Morgan fingerprint density at radius 1 is 1.31 bits per heavy atom. The highest BCUT2D eigenvalue weighted by Crippen LogP contribution is 2.27. The molecule has 0 saturated carbocycles. The Bertz CT molecular complexity index is 361. The Balaban J connectivity index is 2.84. The molecule has 0 heterocycles. The number of halogens is 2. The second-order valence-corrected chi connectivity index (χ2v) is 4.80. The molecule has 1 aromatic carbocycles. The second kappa shape index (κ2) is 4.91. The van der Waals surface area contributed by atoms with Crippen LogP contribution < -0.4 is 0 Å². The third kappa shape index (κ3) is 3.01. The molecular weight excluding hydrogens is 210 g/mol. The topological polar surface area (TPSA) is 20.2 Å². The first-order valence-corrected chi connectivity index (χ1v) is 5.49. The SMILES string of the molecule is CCC(C)(C)C(O)Cc1cc(F)ccc1F. The molecule has 0 saturated heterocycles. The van der Waals surface area contributed by atoms with Gasteiger partial charge in [0.15, 0.2) is 0 Å². The first kappa shape index (κ1) is 13.1. The van der Waals surface area contributed by atoms with Gasteiger partial charge in [-0.3, -0.25) is 0 Å². The zero-order valence-corrected chi connectivity index (χ0v) is 9.93. The van der Waals surface area contributed by atoms with E-state index in [4.69, 9.17) is 0 Å². The van der Waals surface area contributed by atoms with Gasteiger partial charge >= 0.3 is 0 Å². The average molecular weight is 228 g/mol. The van der Waals surface area contributed by atoms with Crippen LogP contribution in [0.2, 0.25) is 0 Å². The third-order valence-electron chi connectivity index (χ3n) is 3.23. The first-order valence-electron chi connectivity index (χ1n) is 5.49. The predicted octanol–water partition coefficient (Wildman–Crippen LogP) is 3.30. The minimum atomic E-state index is -0.672. The van der Waals surface area contributed by atoms with Crippen LogP contribution in [-0.2, 0) is 6.42 Å². The van der Waals surface area contributed by atoms with Gasteiger partial charge in [-0.2, -0.15) is 0 Å². The van der Waals surface area contributed by atoms with Crippen LogP contribution in [0.4, 0.5) is 8.78 Å². The average Bonchev–Trinajstić information content (AvgIpc) is 2.23. The summed E-state index contributed by atoms with van der Waals surface area (Å²) in [5.74, 6) is -0.940. The van der Waals surface area contributed by atoms with Gasteiger partial charge in [0.25, 0.3) is 0 Å². The van der Waals surface area contributed by atoms with E-state index < -0.39 is 17.7 Å². The summed E-state index contributed by atoms with van der Waals surface area (Å²) in [7, 11) is 0. The van der Waals surface area contributed by atoms with E-state index >= 15 is 0 Å². The summed E-state index contributed by atoms with van der Waals surface area (Å²) < 4.78 is 26.3. The van der Waals surface area contributed by atoms with Crippen molar-refractivity contribution in [2.24, 2.45) is 5.41 Å². The van der Waals surface area contributed by atoms with Crippen LogP contribution in [0.1, 0.15) is 32.8 Å². The first-order chi connectivity index (χ1) is 7.36. The van der Waals surface area contributed by atoms with Gasteiger partial charge in [-0.25, -0.2) is 8.78 Å². The van der Waals surface area contributed by atoms with Gasteiger partial charge < -0.3 is 5.11 Å². The summed E-state index contributed by atoms with van der Waals surface area (Å²) >= 11 is 0. The Morgan fingerprint density at radius 2 is 1.94 bits per heavy atom. The Labute approximate surface area is 95.1 Å². The molecule has 0 fully saturated rings. The minimum Gasteiger partial charge on any atom is -0.392 e. The standard InChI is InChI=1S/C13H18F2O/c1-4-13(2,3)12(16)8-9-7-10(14)5-6-11(9)15/h5-7,12,16H,4,8H2,1-3H3. The molecule has 16 heavy (non-hydrogen) atoms. The van der Waals surface area contributed by atoms with E-state index in [1.54, 1.807) is 0 Å². The molecule has 1 rings (SSSR count). The van der Waals surface area contributed by atoms with E-state index in [2.05, 4.69) is 0 Å². The molecule has 0 amide bonds. The summed E-state index contributed by atoms with van der Waals surface area (Å²) in [6, 6.07) is 3.32. The van der Waals surface area contributed by atoms with Gasteiger partial charge in [0.1, 0.15) is 11.6 Å². The van der Waals surface area contributed by atoms with E-state index in [9.17, 15) is 13.9 Å². The van der Waals surface area contributed by atoms with Crippen molar-refractivity contribution in [3.05, 3.63) is 35.4 Å². The predicted molar refractivity (Wildman–Crippen MR) is 60.1 cm³/mol. The number of aliphatic hydroxyl groups excluding tert-OH is 1. The molecule has 0 aromatic heterocycles.